The van der Waals surface area contributed by atoms with Crippen LogP contribution >= 0.6 is 0 Å². The van der Waals surface area contributed by atoms with Crippen molar-refractivity contribution in [3.8, 4) is 11.1 Å². The van der Waals surface area contributed by atoms with E-state index in [9.17, 15) is 0 Å². The molecular formula is C22H29NOSi. The molecule has 0 aliphatic carbocycles. The van der Waals surface area contributed by atoms with Crippen LogP contribution in [0.4, 0.5) is 0 Å². The Morgan fingerprint density at radius 1 is 0.920 bits per heavy atom. The van der Waals surface area contributed by atoms with Gasteiger partial charge in [0.05, 0.1) is 0 Å². The highest BCUT2D eigenvalue weighted by Crippen LogP contribution is 2.32. The van der Waals surface area contributed by atoms with Crippen LogP contribution in [-0.4, -0.2) is 19.2 Å². The number of hydrogen-bond donors (Lipinski definition) is 0. The Balaban J connectivity index is 1.87. The van der Waals surface area contributed by atoms with Crippen LogP contribution in [0.3, 0.4) is 0 Å². The van der Waals surface area contributed by atoms with Gasteiger partial charge in [0.15, 0.2) is 0 Å². The smallest absolute Gasteiger partial charge is 0.122 e. The number of nitrogens with zero attached hydrogens (tertiary/aromatic N) is 1. The minimum Gasteiger partial charge on any atom is -0.361 e. The zero-order valence-electron chi connectivity index (χ0n) is 16.1. The Labute approximate surface area is 152 Å². The van der Waals surface area contributed by atoms with Crippen molar-refractivity contribution in [1.29, 1.82) is 0 Å². The van der Waals surface area contributed by atoms with E-state index in [4.69, 9.17) is 4.74 Å². The second-order valence-corrected chi connectivity index (χ2v) is 13.7. The van der Waals surface area contributed by atoms with E-state index in [0.717, 1.165) is 6.61 Å². The van der Waals surface area contributed by atoms with Crippen molar-refractivity contribution in [2.45, 2.75) is 46.3 Å². The summed E-state index contributed by atoms with van der Waals surface area (Å²) in [6.45, 7) is 13.0. The number of hydrogen-bond acceptors (Lipinski definition) is 1. The van der Waals surface area contributed by atoms with E-state index in [1.807, 2.05) is 0 Å². The van der Waals surface area contributed by atoms with E-state index in [0.29, 0.717) is 6.73 Å². The van der Waals surface area contributed by atoms with E-state index >= 15 is 0 Å². The molecule has 0 saturated heterocycles. The molecule has 0 amide bonds. The van der Waals surface area contributed by atoms with Crippen molar-refractivity contribution in [1.82, 2.24) is 4.57 Å². The minimum atomic E-state index is -1.03. The van der Waals surface area contributed by atoms with Gasteiger partial charge in [-0.1, -0.05) is 62.1 Å². The standard InChI is InChI=1S/C22H29NOSi/c1-17-15-22(18(2)23(17)16-24-13-14-25(3,4)5)21-12-8-10-19-9-6-7-11-20(19)21/h6-12,15H,13-14,16H2,1-5H3. The van der Waals surface area contributed by atoms with Gasteiger partial charge >= 0.3 is 0 Å². The van der Waals surface area contributed by atoms with Gasteiger partial charge in [0.2, 0.25) is 0 Å². The number of aryl methyl sites for hydroxylation is 1. The zero-order chi connectivity index (χ0) is 18.0. The van der Waals surface area contributed by atoms with Gasteiger partial charge in [0.25, 0.3) is 0 Å². The lowest BCUT2D eigenvalue weighted by atomic mass is 9.98. The largest absolute Gasteiger partial charge is 0.361 e. The summed E-state index contributed by atoms with van der Waals surface area (Å²) < 4.78 is 8.28. The SMILES string of the molecule is Cc1cc(-c2cccc3ccccc23)c(C)n1COCC[Si](C)(C)C. The van der Waals surface area contributed by atoms with Crippen molar-refractivity contribution in [2.24, 2.45) is 0 Å². The summed E-state index contributed by atoms with van der Waals surface area (Å²) in [5, 5.41) is 2.60. The van der Waals surface area contributed by atoms with Crippen molar-refractivity contribution >= 4 is 18.8 Å². The molecule has 0 unspecified atom stereocenters. The molecule has 2 aromatic carbocycles. The third-order valence-electron chi connectivity index (χ3n) is 4.87. The molecule has 3 aromatic rings. The number of ether oxygens (including phenoxy) is 1. The summed E-state index contributed by atoms with van der Waals surface area (Å²) in [6, 6.07) is 18.7. The van der Waals surface area contributed by atoms with Crippen LogP contribution in [0.5, 0.6) is 0 Å². The number of aromatic nitrogens is 1. The second-order valence-electron chi connectivity index (χ2n) is 8.09. The summed E-state index contributed by atoms with van der Waals surface area (Å²) in [5.74, 6) is 0. The Morgan fingerprint density at radius 3 is 2.40 bits per heavy atom. The number of fused-ring (bicyclic) bond motifs is 1. The Bertz CT molecular complexity index is 868. The lowest BCUT2D eigenvalue weighted by molar-refractivity contribution is 0.0849. The van der Waals surface area contributed by atoms with Crippen molar-refractivity contribution in [3.05, 3.63) is 59.9 Å². The van der Waals surface area contributed by atoms with E-state index in [1.165, 1.54) is 39.3 Å². The Morgan fingerprint density at radius 2 is 1.64 bits per heavy atom. The second kappa shape index (κ2) is 7.18. The molecule has 0 saturated carbocycles. The molecule has 3 rings (SSSR count). The van der Waals surface area contributed by atoms with Crippen LogP contribution in [-0.2, 0) is 11.5 Å². The summed E-state index contributed by atoms with van der Waals surface area (Å²) in [7, 11) is -1.03. The molecule has 0 atom stereocenters. The lowest BCUT2D eigenvalue weighted by Crippen LogP contribution is -2.22. The maximum atomic E-state index is 5.99. The average molecular weight is 352 g/mol. The molecule has 0 fully saturated rings. The first kappa shape index (κ1) is 18.0. The molecule has 0 spiro atoms. The molecule has 0 aliphatic heterocycles. The minimum absolute atomic E-state index is 0.646. The van der Waals surface area contributed by atoms with Gasteiger partial charge in [-0.05, 0) is 42.3 Å². The predicted molar refractivity (Wildman–Crippen MR) is 111 cm³/mol. The van der Waals surface area contributed by atoms with Gasteiger partial charge in [-0.2, -0.15) is 0 Å². The average Bonchev–Trinajstić information content (AvgIpc) is 2.85. The molecule has 25 heavy (non-hydrogen) atoms. The maximum absolute atomic E-state index is 5.99. The summed E-state index contributed by atoms with van der Waals surface area (Å²) >= 11 is 0. The Hall–Kier alpha value is -1.84. The van der Waals surface area contributed by atoms with E-state index < -0.39 is 8.07 Å². The van der Waals surface area contributed by atoms with Crippen LogP contribution < -0.4 is 0 Å². The van der Waals surface area contributed by atoms with Crippen molar-refractivity contribution < 1.29 is 4.74 Å². The maximum Gasteiger partial charge on any atom is 0.122 e. The molecular weight excluding hydrogens is 322 g/mol. The first-order valence-electron chi connectivity index (χ1n) is 9.09. The molecule has 0 aliphatic rings. The Kier molecular flexibility index (Phi) is 5.16. The molecule has 0 N–H and O–H groups in total. The summed E-state index contributed by atoms with van der Waals surface area (Å²) in [6.07, 6.45) is 0. The van der Waals surface area contributed by atoms with Gasteiger partial charge in [-0.15, -0.1) is 0 Å². The fourth-order valence-electron chi connectivity index (χ4n) is 3.27. The van der Waals surface area contributed by atoms with Crippen LogP contribution in [0.15, 0.2) is 48.5 Å². The molecule has 0 radical (unpaired) electrons. The normalized spacial score (nSPS) is 12.0. The van der Waals surface area contributed by atoms with Crippen molar-refractivity contribution in [2.75, 3.05) is 6.61 Å². The van der Waals surface area contributed by atoms with Crippen LogP contribution in [0.2, 0.25) is 25.7 Å². The fourth-order valence-corrected chi connectivity index (χ4v) is 4.02. The first-order chi connectivity index (χ1) is 11.9. The number of rotatable bonds is 6. The molecule has 3 heteroatoms. The van der Waals surface area contributed by atoms with E-state index in [2.05, 4.69) is 86.6 Å². The van der Waals surface area contributed by atoms with Gasteiger partial charge in [-0.25, -0.2) is 0 Å². The topological polar surface area (TPSA) is 14.2 Å². The third-order valence-corrected chi connectivity index (χ3v) is 6.57. The molecule has 2 nitrogen and oxygen atoms in total. The fraction of sp³-hybridized carbons (Fsp3) is 0.364. The number of benzene rings is 2. The van der Waals surface area contributed by atoms with Crippen LogP contribution in [0.1, 0.15) is 11.4 Å². The summed E-state index contributed by atoms with van der Waals surface area (Å²) in [5.41, 5.74) is 5.15. The van der Waals surface area contributed by atoms with Crippen LogP contribution in [0.25, 0.3) is 21.9 Å². The first-order valence-corrected chi connectivity index (χ1v) is 12.8. The monoisotopic (exact) mass is 351 g/mol. The van der Waals surface area contributed by atoms with Crippen LogP contribution in [0, 0.1) is 13.8 Å². The molecule has 0 bridgehead atoms. The van der Waals surface area contributed by atoms with Gasteiger partial charge in [0, 0.05) is 31.6 Å². The molecule has 1 heterocycles. The zero-order valence-corrected chi connectivity index (χ0v) is 17.1. The molecule has 1 aromatic heterocycles. The van der Waals surface area contributed by atoms with Gasteiger partial charge in [0.1, 0.15) is 6.73 Å². The van der Waals surface area contributed by atoms with Gasteiger partial charge in [-0.3, -0.25) is 0 Å². The van der Waals surface area contributed by atoms with Gasteiger partial charge < -0.3 is 9.30 Å². The summed E-state index contributed by atoms with van der Waals surface area (Å²) in [4.78, 5) is 0. The lowest BCUT2D eigenvalue weighted by Gasteiger charge is -2.16. The third kappa shape index (κ3) is 4.05. The van der Waals surface area contributed by atoms with E-state index in [1.54, 1.807) is 0 Å². The highest BCUT2D eigenvalue weighted by molar-refractivity contribution is 6.76. The molecule has 132 valence electrons. The quantitative estimate of drug-likeness (QED) is 0.379. The predicted octanol–water partition coefficient (Wildman–Crippen LogP) is 6.24. The highest BCUT2D eigenvalue weighted by atomic mass is 28.3. The van der Waals surface area contributed by atoms with Crippen molar-refractivity contribution in [3.63, 3.8) is 0 Å². The van der Waals surface area contributed by atoms with E-state index in [-0.39, 0.29) is 0 Å². The highest BCUT2D eigenvalue weighted by Gasteiger charge is 2.15.